The molecule has 0 saturated carbocycles. The fourth-order valence-corrected chi connectivity index (χ4v) is 2.94. The molecule has 0 amide bonds. The maximum absolute atomic E-state index is 12.0. The molecular formula is C13H29NO2S. The van der Waals surface area contributed by atoms with Crippen molar-refractivity contribution >= 4 is 9.84 Å². The molecule has 0 aromatic heterocycles. The normalized spacial score (nSPS) is 16.8. The van der Waals surface area contributed by atoms with Gasteiger partial charge in [0, 0.05) is 5.54 Å². The van der Waals surface area contributed by atoms with E-state index in [4.69, 9.17) is 5.73 Å². The smallest absolute Gasteiger partial charge is 0.155 e. The first-order valence-electron chi connectivity index (χ1n) is 6.59. The molecule has 3 nitrogen and oxygen atoms in total. The Bertz CT molecular complexity index is 317. The summed E-state index contributed by atoms with van der Waals surface area (Å²) in [6, 6.07) is 0. The van der Waals surface area contributed by atoms with E-state index in [1.807, 2.05) is 6.92 Å². The molecule has 4 heteroatoms. The van der Waals surface area contributed by atoms with Gasteiger partial charge < -0.3 is 5.73 Å². The van der Waals surface area contributed by atoms with Gasteiger partial charge in [-0.3, -0.25) is 0 Å². The first-order valence-corrected chi connectivity index (χ1v) is 8.24. The van der Waals surface area contributed by atoms with Gasteiger partial charge in [0.1, 0.15) is 0 Å². The lowest BCUT2D eigenvalue weighted by Gasteiger charge is -2.29. The van der Waals surface area contributed by atoms with Gasteiger partial charge in [-0.05, 0) is 40.0 Å². The number of hydrogen-bond acceptors (Lipinski definition) is 3. The molecule has 1 atom stereocenters. The summed E-state index contributed by atoms with van der Waals surface area (Å²) in [5.41, 5.74) is 5.96. The highest BCUT2D eigenvalue weighted by atomic mass is 32.2. The van der Waals surface area contributed by atoms with E-state index in [1.165, 1.54) is 0 Å². The van der Waals surface area contributed by atoms with Gasteiger partial charge in [-0.1, -0.05) is 26.7 Å². The molecule has 0 radical (unpaired) electrons. The number of rotatable bonds is 7. The lowest BCUT2D eigenvalue weighted by molar-refractivity contribution is 0.355. The predicted molar refractivity (Wildman–Crippen MR) is 74.9 cm³/mol. The topological polar surface area (TPSA) is 60.2 Å². The van der Waals surface area contributed by atoms with Crippen LogP contribution in [0.4, 0.5) is 0 Å². The van der Waals surface area contributed by atoms with Crippen molar-refractivity contribution in [3.8, 4) is 0 Å². The minimum Gasteiger partial charge on any atom is -0.325 e. The molecule has 0 aliphatic rings. The fourth-order valence-electron chi connectivity index (χ4n) is 1.65. The van der Waals surface area contributed by atoms with Crippen LogP contribution < -0.4 is 5.73 Å². The summed E-state index contributed by atoms with van der Waals surface area (Å²) < 4.78 is 23.4. The van der Waals surface area contributed by atoms with E-state index in [0.717, 1.165) is 25.7 Å². The monoisotopic (exact) mass is 263 g/mol. The standard InChI is InChI=1S/C13H29NO2S/c1-6-8-9-13(14,7-2)10-11-17(15,16)12(3,4)5/h6-11,14H2,1-5H3. The van der Waals surface area contributed by atoms with Crippen LogP contribution in [0.1, 0.15) is 66.7 Å². The van der Waals surface area contributed by atoms with Gasteiger partial charge in [0.25, 0.3) is 0 Å². The van der Waals surface area contributed by atoms with Crippen LogP contribution in [0.2, 0.25) is 0 Å². The van der Waals surface area contributed by atoms with Gasteiger partial charge in [-0.25, -0.2) is 8.42 Å². The molecule has 0 fully saturated rings. The molecule has 0 aliphatic carbocycles. The second-order valence-corrected chi connectivity index (χ2v) is 8.86. The molecule has 0 heterocycles. The van der Waals surface area contributed by atoms with E-state index in [-0.39, 0.29) is 11.3 Å². The highest BCUT2D eigenvalue weighted by molar-refractivity contribution is 7.92. The van der Waals surface area contributed by atoms with E-state index in [9.17, 15) is 8.42 Å². The third kappa shape index (κ3) is 5.38. The molecule has 0 saturated heterocycles. The molecule has 104 valence electrons. The SMILES string of the molecule is CCCCC(N)(CC)CCS(=O)(=O)C(C)(C)C. The minimum absolute atomic E-state index is 0.199. The van der Waals surface area contributed by atoms with E-state index in [1.54, 1.807) is 20.8 Å². The molecule has 0 bridgehead atoms. The van der Waals surface area contributed by atoms with E-state index in [0.29, 0.717) is 6.42 Å². The highest BCUT2D eigenvalue weighted by Crippen LogP contribution is 2.24. The zero-order valence-corrected chi connectivity index (χ0v) is 12.9. The Hall–Kier alpha value is -0.0900. The summed E-state index contributed by atoms with van der Waals surface area (Å²) in [5.74, 6) is 0.199. The zero-order valence-electron chi connectivity index (χ0n) is 12.0. The number of sulfone groups is 1. The summed E-state index contributed by atoms with van der Waals surface area (Å²) in [4.78, 5) is 0. The molecule has 0 aromatic carbocycles. The molecule has 0 spiro atoms. The van der Waals surface area contributed by atoms with Crippen molar-refractivity contribution in [2.24, 2.45) is 5.73 Å². The molecule has 1 unspecified atom stereocenters. The lowest BCUT2D eigenvalue weighted by Crippen LogP contribution is -2.42. The van der Waals surface area contributed by atoms with Crippen LogP contribution in [0.15, 0.2) is 0 Å². The van der Waals surface area contributed by atoms with Crippen molar-refractivity contribution < 1.29 is 8.42 Å². The van der Waals surface area contributed by atoms with Crippen LogP contribution in [-0.4, -0.2) is 24.5 Å². The number of hydrogen-bond donors (Lipinski definition) is 1. The number of nitrogens with two attached hydrogens (primary N) is 1. The number of unbranched alkanes of at least 4 members (excludes halogenated alkanes) is 1. The maximum Gasteiger partial charge on any atom is 0.155 e. The van der Waals surface area contributed by atoms with E-state index in [2.05, 4.69) is 6.92 Å². The molecule has 0 rings (SSSR count). The van der Waals surface area contributed by atoms with Gasteiger partial charge in [0.2, 0.25) is 0 Å². The highest BCUT2D eigenvalue weighted by Gasteiger charge is 2.32. The zero-order chi connectivity index (χ0) is 13.7. The Morgan fingerprint density at radius 1 is 1.06 bits per heavy atom. The van der Waals surface area contributed by atoms with Crippen LogP contribution in [0.25, 0.3) is 0 Å². The Morgan fingerprint density at radius 2 is 1.59 bits per heavy atom. The van der Waals surface area contributed by atoms with Gasteiger partial charge in [-0.15, -0.1) is 0 Å². The van der Waals surface area contributed by atoms with Gasteiger partial charge >= 0.3 is 0 Å². The van der Waals surface area contributed by atoms with E-state index < -0.39 is 14.6 Å². The Balaban J connectivity index is 4.53. The summed E-state index contributed by atoms with van der Waals surface area (Å²) in [5, 5.41) is 0. The van der Waals surface area contributed by atoms with Crippen LogP contribution in [0.3, 0.4) is 0 Å². The second-order valence-electron chi connectivity index (χ2n) is 6.00. The van der Waals surface area contributed by atoms with Crippen molar-refractivity contribution in [2.75, 3.05) is 5.75 Å². The second kappa shape index (κ2) is 6.19. The van der Waals surface area contributed by atoms with Crippen LogP contribution in [0.5, 0.6) is 0 Å². The average Bonchev–Trinajstić information content (AvgIpc) is 2.22. The van der Waals surface area contributed by atoms with Crippen molar-refractivity contribution in [3.63, 3.8) is 0 Å². The Labute approximate surface area is 107 Å². The third-order valence-electron chi connectivity index (χ3n) is 3.53. The predicted octanol–water partition coefficient (Wildman–Crippen LogP) is 2.89. The molecule has 0 aromatic rings. The Kier molecular flexibility index (Phi) is 6.15. The summed E-state index contributed by atoms with van der Waals surface area (Å²) in [7, 11) is -3.05. The first kappa shape index (κ1) is 16.9. The lowest BCUT2D eigenvalue weighted by atomic mass is 9.88. The van der Waals surface area contributed by atoms with Crippen LogP contribution in [-0.2, 0) is 9.84 Å². The van der Waals surface area contributed by atoms with Gasteiger partial charge in [0.05, 0.1) is 10.5 Å². The van der Waals surface area contributed by atoms with Crippen molar-refractivity contribution in [1.29, 1.82) is 0 Å². The molecule has 2 N–H and O–H groups in total. The summed E-state index contributed by atoms with van der Waals surface area (Å²) in [6.45, 7) is 9.41. The van der Waals surface area contributed by atoms with Crippen molar-refractivity contribution in [3.05, 3.63) is 0 Å². The Morgan fingerprint density at radius 3 is 1.94 bits per heavy atom. The molecule has 17 heavy (non-hydrogen) atoms. The van der Waals surface area contributed by atoms with E-state index >= 15 is 0 Å². The largest absolute Gasteiger partial charge is 0.325 e. The van der Waals surface area contributed by atoms with Crippen molar-refractivity contribution in [2.45, 2.75) is 77.0 Å². The van der Waals surface area contributed by atoms with Crippen LogP contribution in [0, 0.1) is 0 Å². The first-order chi connectivity index (χ1) is 7.58. The van der Waals surface area contributed by atoms with Crippen molar-refractivity contribution in [1.82, 2.24) is 0 Å². The minimum atomic E-state index is -3.05. The summed E-state index contributed by atoms with van der Waals surface area (Å²) >= 11 is 0. The fraction of sp³-hybridized carbons (Fsp3) is 1.00. The summed E-state index contributed by atoms with van der Waals surface area (Å²) in [6.07, 6.45) is 4.50. The maximum atomic E-state index is 12.0. The third-order valence-corrected chi connectivity index (χ3v) is 6.14. The molecular weight excluding hydrogens is 234 g/mol. The molecule has 0 aliphatic heterocycles. The average molecular weight is 263 g/mol. The van der Waals surface area contributed by atoms with Crippen LogP contribution >= 0.6 is 0 Å². The quantitative estimate of drug-likeness (QED) is 0.768. The van der Waals surface area contributed by atoms with Gasteiger partial charge in [-0.2, -0.15) is 0 Å². The van der Waals surface area contributed by atoms with Gasteiger partial charge in [0.15, 0.2) is 9.84 Å².